The van der Waals surface area contributed by atoms with Crippen molar-refractivity contribution in [2.45, 2.75) is 64.8 Å². The van der Waals surface area contributed by atoms with Crippen LogP contribution in [0.2, 0.25) is 0 Å². The minimum absolute atomic E-state index is 0.00843. The first-order valence-electron chi connectivity index (χ1n) is 7.04. The third-order valence-electron chi connectivity index (χ3n) is 3.84. The lowest BCUT2D eigenvalue weighted by molar-refractivity contribution is -0.138. The Morgan fingerprint density at radius 1 is 1.28 bits per heavy atom. The molecule has 1 aliphatic rings. The number of hydrogen-bond acceptors (Lipinski definition) is 2. The zero-order valence-electron chi connectivity index (χ0n) is 11.4. The van der Waals surface area contributed by atoms with Crippen molar-refractivity contribution in [2.75, 3.05) is 0 Å². The predicted molar refractivity (Wildman–Crippen MR) is 70.2 cm³/mol. The van der Waals surface area contributed by atoms with Crippen molar-refractivity contribution in [2.24, 2.45) is 11.8 Å². The molecule has 0 spiro atoms. The number of carboxylic acids is 1. The lowest BCUT2D eigenvalue weighted by Crippen LogP contribution is -2.42. The summed E-state index contributed by atoms with van der Waals surface area (Å²) < 4.78 is 0. The molecule has 1 aliphatic carbocycles. The van der Waals surface area contributed by atoms with Gasteiger partial charge in [0.05, 0.1) is 0 Å². The Kier molecular flexibility index (Phi) is 6.16. The summed E-state index contributed by atoms with van der Waals surface area (Å²) in [5, 5.41) is 11.8. The molecule has 0 aromatic carbocycles. The normalized spacial score (nSPS) is 25.4. The number of carboxylic acid groups (broad SMARTS) is 1. The van der Waals surface area contributed by atoms with Crippen molar-refractivity contribution in [3.8, 4) is 0 Å². The van der Waals surface area contributed by atoms with E-state index >= 15 is 0 Å². The molecule has 3 unspecified atom stereocenters. The summed E-state index contributed by atoms with van der Waals surface area (Å²) in [6.07, 6.45) is 6.21. The first kappa shape index (κ1) is 15.0. The number of nitrogens with one attached hydrogen (secondary N) is 1. The van der Waals surface area contributed by atoms with Gasteiger partial charge in [-0.05, 0) is 24.7 Å². The van der Waals surface area contributed by atoms with Gasteiger partial charge in [0.2, 0.25) is 5.91 Å². The van der Waals surface area contributed by atoms with Crippen LogP contribution in [0.4, 0.5) is 0 Å². The van der Waals surface area contributed by atoms with Crippen molar-refractivity contribution in [3.63, 3.8) is 0 Å². The van der Waals surface area contributed by atoms with Crippen LogP contribution >= 0.6 is 0 Å². The molecule has 104 valence electrons. The van der Waals surface area contributed by atoms with Crippen LogP contribution in [-0.4, -0.2) is 23.0 Å². The molecule has 1 fully saturated rings. The smallest absolute Gasteiger partial charge is 0.303 e. The summed E-state index contributed by atoms with van der Waals surface area (Å²) in [4.78, 5) is 22.4. The van der Waals surface area contributed by atoms with Crippen molar-refractivity contribution in [3.05, 3.63) is 0 Å². The fraction of sp³-hybridized carbons (Fsp3) is 0.857. The maximum absolute atomic E-state index is 11.9. The van der Waals surface area contributed by atoms with Gasteiger partial charge in [0, 0.05) is 18.9 Å². The quantitative estimate of drug-likeness (QED) is 0.766. The van der Waals surface area contributed by atoms with Crippen molar-refractivity contribution >= 4 is 11.9 Å². The molecule has 2 N–H and O–H groups in total. The number of carbonyl (C=O) groups excluding carboxylic acids is 1. The van der Waals surface area contributed by atoms with Gasteiger partial charge in [0.15, 0.2) is 0 Å². The van der Waals surface area contributed by atoms with Crippen LogP contribution in [0.15, 0.2) is 0 Å². The predicted octanol–water partition coefficient (Wildman–Crippen LogP) is 2.57. The summed E-state index contributed by atoms with van der Waals surface area (Å²) in [5.41, 5.74) is 0. The van der Waals surface area contributed by atoms with Crippen LogP contribution in [0, 0.1) is 11.8 Å². The van der Waals surface area contributed by atoms with Crippen LogP contribution < -0.4 is 5.32 Å². The highest BCUT2D eigenvalue weighted by atomic mass is 16.4. The molecule has 0 saturated heterocycles. The van der Waals surface area contributed by atoms with Crippen molar-refractivity contribution in [1.82, 2.24) is 5.32 Å². The second-order valence-corrected chi connectivity index (χ2v) is 5.53. The van der Waals surface area contributed by atoms with Gasteiger partial charge < -0.3 is 10.4 Å². The van der Waals surface area contributed by atoms with Crippen LogP contribution in [0.3, 0.4) is 0 Å². The average molecular weight is 255 g/mol. The Morgan fingerprint density at radius 2 is 1.94 bits per heavy atom. The minimum Gasteiger partial charge on any atom is -0.481 e. The second-order valence-electron chi connectivity index (χ2n) is 5.53. The number of rotatable bonds is 6. The third-order valence-corrected chi connectivity index (χ3v) is 3.84. The van der Waals surface area contributed by atoms with E-state index in [4.69, 9.17) is 5.11 Å². The van der Waals surface area contributed by atoms with E-state index in [1.54, 1.807) is 0 Å². The van der Waals surface area contributed by atoms with Crippen LogP contribution in [-0.2, 0) is 9.59 Å². The van der Waals surface area contributed by atoms with Crippen LogP contribution in [0.25, 0.3) is 0 Å². The highest BCUT2D eigenvalue weighted by molar-refractivity contribution is 5.77. The van der Waals surface area contributed by atoms with E-state index in [1.807, 2.05) is 6.92 Å². The average Bonchev–Trinajstić information content (AvgIpc) is 2.28. The topological polar surface area (TPSA) is 66.4 Å². The fourth-order valence-corrected chi connectivity index (χ4v) is 2.84. The zero-order valence-corrected chi connectivity index (χ0v) is 11.4. The van der Waals surface area contributed by atoms with Gasteiger partial charge in [-0.3, -0.25) is 9.59 Å². The largest absolute Gasteiger partial charge is 0.481 e. The Balaban J connectivity index is 2.36. The number of aliphatic carboxylic acids is 1. The first-order valence-corrected chi connectivity index (χ1v) is 7.04. The molecule has 4 heteroatoms. The lowest BCUT2D eigenvalue weighted by Gasteiger charge is -2.31. The summed E-state index contributed by atoms with van der Waals surface area (Å²) in [6, 6.07) is 0.299. The molecule has 1 rings (SSSR count). The van der Waals surface area contributed by atoms with E-state index < -0.39 is 5.97 Å². The molecule has 18 heavy (non-hydrogen) atoms. The Labute approximate surface area is 109 Å². The van der Waals surface area contributed by atoms with Gasteiger partial charge in [0.1, 0.15) is 0 Å². The maximum atomic E-state index is 11.9. The highest BCUT2D eigenvalue weighted by Gasteiger charge is 2.25. The van der Waals surface area contributed by atoms with E-state index in [-0.39, 0.29) is 18.2 Å². The van der Waals surface area contributed by atoms with Crippen LogP contribution in [0.5, 0.6) is 0 Å². The summed E-state index contributed by atoms with van der Waals surface area (Å²) >= 11 is 0. The van der Waals surface area contributed by atoms with Gasteiger partial charge in [-0.15, -0.1) is 0 Å². The molecular weight excluding hydrogens is 230 g/mol. The lowest BCUT2D eigenvalue weighted by atomic mass is 9.82. The van der Waals surface area contributed by atoms with E-state index in [1.165, 1.54) is 19.3 Å². The second kappa shape index (κ2) is 7.39. The molecule has 0 aromatic heterocycles. The molecular formula is C14H25NO3. The maximum Gasteiger partial charge on any atom is 0.303 e. The molecule has 0 radical (unpaired) electrons. The first-order chi connectivity index (χ1) is 8.52. The molecule has 1 amide bonds. The highest BCUT2D eigenvalue weighted by Crippen LogP contribution is 2.27. The van der Waals surface area contributed by atoms with E-state index in [2.05, 4.69) is 12.2 Å². The molecule has 0 heterocycles. The fourth-order valence-electron chi connectivity index (χ4n) is 2.84. The van der Waals surface area contributed by atoms with Crippen molar-refractivity contribution in [1.29, 1.82) is 0 Å². The molecule has 0 bridgehead atoms. The SMILES string of the molecule is CCC1CCCCC1NC(=O)CC(C)CC(=O)O. The molecule has 4 nitrogen and oxygen atoms in total. The van der Waals surface area contributed by atoms with Crippen molar-refractivity contribution < 1.29 is 14.7 Å². The summed E-state index contributed by atoms with van der Waals surface area (Å²) in [7, 11) is 0. The monoisotopic (exact) mass is 255 g/mol. The summed E-state index contributed by atoms with van der Waals surface area (Å²) in [5.74, 6) is -0.322. The van der Waals surface area contributed by atoms with Gasteiger partial charge in [0.25, 0.3) is 0 Å². The van der Waals surface area contributed by atoms with Gasteiger partial charge in [-0.2, -0.15) is 0 Å². The Morgan fingerprint density at radius 3 is 2.56 bits per heavy atom. The number of amides is 1. The molecule has 0 aromatic rings. The Bertz CT molecular complexity index is 291. The third kappa shape index (κ3) is 5.07. The molecule has 3 atom stereocenters. The standard InChI is InChI=1S/C14H25NO3/c1-3-11-6-4-5-7-12(11)15-13(16)8-10(2)9-14(17)18/h10-12H,3-9H2,1-2H3,(H,15,16)(H,17,18). The van der Waals surface area contributed by atoms with Gasteiger partial charge >= 0.3 is 5.97 Å². The van der Waals surface area contributed by atoms with E-state index in [0.717, 1.165) is 12.8 Å². The van der Waals surface area contributed by atoms with Crippen LogP contribution in [0.1, 0.15) is 58.8 Å². The zero-order chi connectivity index (χ0) is 13.5. The van der Waals surface area contributed by atoms with E-state index in [0.29, 0.717) is 18.4 Å². The Hall–Kier alpha value is -1.06. The van der Waals surface area contributed by atoms with Gasteiger partial charge in [-0.25, -0.2) is 0 Å². The summed E-state index contributed by atoms with van der Waals surface area (Å²) in [6.45, 7) is 3.98. The number of hydrogen-bond donors (Lipinski definition) is 2. The molecule has 1 saturated carbocycles. The minimum atomic E-state index is -0.834. The molecule has 0 aliphatic heterocycles. The number of carbonyl (C=O) groups is 2. The van der Waals surface area contributed by atoms with E-state index in [9.17, 15) is 9.59 Å². The van der Waals surface area contributed by atoms with Gasteiger partial charge in [-0.1, -0.05) is 33.1 Å².